The smallest absolute Gasteiger partial charge is 0.165 e. The van der Waals surface area contributed by atoms with Crippen LogP contribution in [-0.2, 0) is 0 Å². The van der Waals surface area contributed by atoms with E-state index in [-0.39, 0.29) is 11.8 Å². The Hall–Kier alpha value is -7.04. The highest BCUT2D eigenvalue weighted by atomic mass is 16.3. The van der Waals surface area contributed by atoms with Crippen LogP contribution >= 0.6 is 0 Å². The first-order valence-electron chi connectivity index (χ1n) is 20.2. The lowest BCUT2D eigenvalue weighted by Gasteiger charge is -2.24. The second kappa shape index (κ2) is 14.5. The van der Waals surface area contributed by atoms with Gasteiger partial charge >= 0.3 is 0 Å². The van der Waals surface area contributed by atoms with Gasteiger partial charge in [-0.2, -0.15) is 0 Å². The monoisotopic (exact) mass is 749 g/mol. The molecule has 0 aliphatic rings. The first-order valence-corrected chi connectivity index (χ1v) is 20.2. The molecule has 3 heterocycles. The number of rotatable bonds is 8. The van der Waals surface area contributed by atoms with Gasteiger partial charge in [-0.25, -0.2) is 9.97 Å². The van der Waals surface area contributed by atoms with E-state index in [0.717, 1.165) is 72.4 Å². The molecule has 10 aromatic rings. The topological polar surface area (TPSA) is 43.9 Å². The van der Waals surface area contributed by atoms with Crippen LogP contribution in [0.2, 0.25) is 0 Å². The van der Waals surface area contributed by atoms with Crippen molar-refractivity contribution in [3.8, 4) is 61.6 Å². The third-order valence-corrected chi connectivity index (χ3v) is 11.4. The fraction of sp³-hybridized carbons (Fsp3) is 0.111. The van der Waals surface area contributed by atoms with Crippen molar-refractivity contribution in [2.75, 3.05) is 0 Å². The van der Waals surface area contributed by atoms with Gasteiger partial charge in [0.05, 0.1) is 11.3 Å². The molecule has 10 rings (SSSR count). The molecule has 0 N–H and O–H groups in total. The second-order valence-electron chi connectivity index (χ2n) is 15.8. The molecular formula is C54H43N3O. The molecule has 0 saturated carbocycles. The van der Waals surface area contributed by atoms with Gasteiger partial charge in [-0.15, -0.1) is 0 Å². The molecule has 4 nitrogen and oxygen atoms in total. The van der Waals surface area contributed by atoms with Gasteiger partial charge in [0.25, 0.3) is 0 Å². The first-order chi connectivity index (χ1) is 28.4. The molecule has 0 bridgehead atoms. The number of furan rings is 1. The van der Waals surface area contributed by atoms with Crippen molar-refractivity contribution in [2.24, 2.45) is 0 Å². The highest BCUT2D eigenvalue weighted by Crippen LogP contribution is 2.43. The zero-order valence-corrected chi connectivity index (χ0v) is 33.1. The van der Waals surface area contributed by atoms with E-state index in [9.17, 15) is 0 Å². The van der Waals surface area contributed by atoms with Crippen LogP contribution in [0.5, 0.6) is 0 Å². The van der Waals surface area contributed by atoms with E-state index in [1.54, 1.807) is 0 Å². The van der Waals surface area contributed by atoms with Crippen molar-refractivity contribution in [1.29, 1.82) is 0 Å². The summed E-state index contributed by atoms with van der Waals surface area (Å²) >= 11 is 0. The molecule has 0 unspecified atom stereocenters. The summed E-state index contributed by atoms with van der Waals surface area (Å²) in [6.07, 6.45) is 1.98. The average molecular weight is 750 g/mol. The Morgan fingerprint density at radius 2 is 1.00 bits per heavy atom. The Morgan fingerprint density at radius 1 is 0.466 bits per heavy atom. The lowest BCUT2D eigenvalue weighted by Crippen LogP contribution is -2.10. The predicted octanol–water partition coefficient (Wildman–Crippen LogP) is 14.9. The molecule has 280 valence electrons. The molecule has 0 aliphatic carbocycles. The maximum Gasteiger partial charge on any atom is 0.165 e. The minimum atomic E-state index is 0.229. The summed E-state index contributed by atoms with van der Waals surface area (Å²) in [5.74, 6) is 1.27. The van der Waals surface area contributed by atoms with E-state index in [0.29, 0.717) is 0 Å². The third-order valence-electron chi connectivity index (χ3n) is 11.4. The summed E-state index contributed by atoms with van der Waals surface area (Å²) in [6, 6.07) is 60.3. The van der Waals surface area contributed by atoms with E-state index in [1.807, 2.05) is 12.3 Å². The molecule has 7 aromatic carbocycles. The Kier molecular flexibility index (Phi) is 8.83. The number of pyridine rings is 1. The van der Waals surface area contributed by atoms with Crippen molar-refractivity contribution in [3.63, 3.8) is 0 Å². The number of aromatic nitrogens is 3. The van der Waals surface area contributed by atoms with E-state index < -0.39 is 0 Å². The van der Waals surface area contributed by atoms with Gasteiger partial charge < -0.3 is 4.42 Å². The highest BCUT2D eigenvalue weighted by molar-refractivity contribution is 6.10. The van der Waals surface area contributed by atoms with Crippen molar-refractivity contribution in [2.45, 2.75) is 39.5 Å². The Morgan fingerprint density at radius 3 is 1.60 bits per heavy atom. The zero-order valence-electron chi connectivity index (χ0n) is 33.1. The van der Waals surface area contributed by atoms with Crippen molar-refractivity contribution < 1.29 is 4.42 Å². The molecule has 4 heteroatoms. The van der Waals surface area contributed by atoms with Gasteiger partial charge in [0.2, 0.25) is 0 Å². The fourth-order valence-electron chi connectivity index (χ4n) is 8.40. The van der Waals surface area contributed by atoms with Crippen molar-refractivity contribution in [3.05, 3.63) is 187 Å². The molecule has 3 aromatic heterocycles. The summed E-state index contributed by atoms with van der Waals surface area (Å²) < 4.78 is 9.24. The summed E-state index contributed by atoms with van der Waals surface area (Å²) in [6.45, 7) is 9.13. The summed E-state index contributed by atoms with van der Waals surface area (Å²) in [7, 11) is 0. The molecule has 0 spiro atoms. The van der Waals surface area contributed by atoms with Gasteiger partial charge in [0.1, 0.15) is 16.7 Å². The standard InChI is InChI=1S/C54H43N3O/c1-34(2)47-29-42(37-17-10-6-11-18-37)30-48(35(3)4)51(47)57-53(56-49-31-43(33-55-54(49)57)38-19-12-7-13-20-38)46-22-14-21-45-44-28-27-41(32-50(44)58-52(45)46)40-25-23-39(24-26-40)36-15-8-5-9-16-36/h5-35H,1-4H3. The number of nitrogens with zero attached hydrogens (tertiary/aromatic N) is 3. The minimum Gasteiger partial charge on any atom is -0.455 e. The SMILES string of the molecule is CC(C)c1cc(-c2ccccc2)cc(C(C)C)c1-n1c(-c2cccc3c2oc2cc(-c4ccc(-c5ccccc5)cc4)ccc23)nc2cc(-c3ccccc3)cnc21. The van der Waals surface area contributed by atoms with Gasteiger partial charge in [0.15, 0.2) is 11.5 Å². The van der Waals surface area contributed by atoms with E-state index in [4.69, 9.17) is 14.4 Å². The number of hydrogen-bond acceptors (Lipinski definition) is 3. The molecule has 58 heavy (non-hydrogen) atoms. The largest absolute Gasteiger partial charge is 0.455 e. The first kappa shape index (κ1) is 35.4. The van der Waals surface area contributed by atoms with Crippen LogP contribution < -0.4 is 0 Å². The lowest BCUT2D eigenvalue weighted by atomic mass is 9.88. The van der Waals surface area contributed by atoms with Gasteiger partial charge in [0, 0.05) is 22.5 Å². The van der Waals surface area contributed by atoms with Crippen LogP contribution in [0.15, 0.2) is 180 Å². The van der Waals surface area contributed by atoms with Crippen LogP contribution in [-0.4, -0.2) is 14.5 Å². The molecular weight excluding hydrogens is 707 g/mol. The quantitative estimate of drug-likeness (QED) is 0.155. The lowest BCUT2D eigenvalue weighted by molar-refractivity contribution is 0.669. The number of fused-ring (bicyclic) bond motifs is 4. The number of imidazole rings is 1. The van der Waals surface area contributed by atoms with E-state index in [2.05, 4.69) is 196 Å². The summed E-state index contributed by atoms with van der Waals surface area (Å²) in [5.41, 5.74) is 17.1. The van der Waals surface area contributed by atoms with Gasteiger partial charge in [-0.1, -0.05) is 161 Å². The number of para-hydroxylation sites is 1. The van der Waals surface area contributed by atoms with Crippen LogP contribution in [0.4, 0.5) is 0 Å². The maximum atomic E-state index is 6.93. The Labute approximate surface area is 339 Å². The molecule has 0 aliphatic heterocycles. The van der Waals surface area contributed by atoms with Crippen LogP contribution in [0, 0.1) is 0 Å². The summed E-state index contributed by atoms with van der Waals surface area (Å²) in [5, 5.41) is 2.13. The van der Waals surface area contributed by atoms with Crippen LogP contribution in [0.1, 0.15) is 50.7 Å². The summed E-state index contributed by atoms with van der Waals surface area (Å²) in [4.78, 5) is 10.7. The molecule has 0 fully saturated rings. The van der Waals surface area contributed by atoms with Crippen LogP contribution in [0.3, 0.4) is 0 Å². The van der Waals surface area contributed by atoms with Crippen molar-refractivity contribution in [1.82, 2.24) is 14.5 Å². The minimum absolute atomic E-state index is 0.229. The highest BCUT2D eigenvalue weighted by Gasteiger charge is 2.26. The second-order valence-corrected chi connectivity index (χ2v) is 15.8. The number of hydrogen-bond donors (Lipinski definition) is 0. The Balaban J connectivity index is 1.19. The number of benzene rings is 7. The molecule has 0 radical (unpaired) electrons. The van der Waals surface area contributed by atoms with Gasteiger partial charge in [-0.3, -0.25) is 4.57 Å². The van der Waals surface area contributed by atoms with E-state index >= 15 is 0 Å². The fourth-order valence-corrected chi connectivity index (χ4v) is 8.40. The Bertz CT molecular complexity index is 3060. The van der Waals surface area contributed by atoms with Gasteiger partial charge in [-0.05, 0) is 98.3 Å². The zero-order chi connectivity index (χ0) is 39.3. The normalized spacial score (nSPS) is 11.8. The molecule has 0 atom stereocenters. The molecule has 0 saturated heterocycles. The van der Waals surface area contributed by atoms with E-state index in [1.165, 1.54) is 33.4 Å². The van der Waals surface area contributed by atoms with Crippen LogP contribution in [0.25, 0.3) is 94.7 Å². The van der Waals surface area contributed by atoms with Crippen molar-refractivity contribution >= 4 is 33.1 Å². The molecule has 0 amide bonds. The average Bonchev–Trinajstić information content (AvgIpc) is 3.84. The maximum absolute atomic E-state index is 6.93. The predicted molar refractivity (Wildman–Crippen MR) is 242 cm³/mol. The third kappa shape index (κ3) is 6.18.